The molecule has 2 aromatic heterocycles. The fourth-order valence-corrected chi connectivity index (χ4v) is 4.03. The van der Waals surface area contributed by atoms with Crippen LogP contribution in [-0.2, 0) is 53.4 Å². The minimum absolute atomic E-state index is 0.0981. The standard InChI is InChI=1S/C23H34N5O13P/c1-14(2)40-22(32)35-11-38-42(34,39-12-36-23(33)41-15(3)4)13-37-16(5)8-28-10-26-19-20(24-9-25-21(19)28)27-17(29)6-7-18(30)31/h9-10,14-16H,6-8,11-13H2,1-5H3,(H,30,31)(H,24,25,27,29)/t16-/m1/s1. The molecule has 0 unspecified atom stereocenters. The van der Waals surface area contributed by atoms with Crippen molar-refractivity contribution in [1.82, 2.24) is 19.5 Å². The van der Waals surface area contributed by atoms with E-state index < -0.39 is 70.0 Å². The Morgan fingerprint density at radius 1 is 0.929 bits per heavy atom. The second kappa shape index (κ2) is 16.5. The van der Waals surface area contributed by atoms with E-state index in [2.05, 4.69) is 20.3 Å². The number of amides is 1. The summed E-state index contributed by atoms with van der Waals surface area (Å²) in [4.78, 5) is 58.3. The lowest BCUT2D eigenvalue weighted by Gasteiger charge is -2.21. The molecule has 0 saturated carbocycles. The molecular weight excluding hydrogens is 585 g/mol. The SMILES string of the molecule is CC(C)OC(=O)OCOP(=O)(CO[C@H](C)Cn1cnc2c(NC(=O)CCC(=O)O)ncnc21)OCOC(=O)OC(C)C. The Morgan fingerprint density at radius 2 is 1.52 bits per heavy atom. The van der Waals surface area contributed by atoms with E-state index in [-0.39, 0.29) is 30.7 Å². The van der Waals surface area contributed by atoms with E-state index in [0.29, 0.717) is 5.65 Å². The minimum Gasteiger partial charge on any atom is -0.481 e. The number of carbonyl (C=O) groups is 4. The van der Waals surface area contributed by atoms with Gasteiger partial charge in [0.25, 0.3) is 0 Å². The number of nitrogens with one attached hydrogen (secondary N) is 1. The highest BCUT2D eigenvalue weighted by Gasteiger charge is 2.29. The number of rotatable bonds is 17. The number of imidazole rings is 1. The van der Waals surface area contributed by atoms with Gasteiger partial charge in [-0.1, -0.05) is 0 Å². The number of carboxylic acid groups (broad SMARTS) is 1. The van der Waals surface area contributed by atoms with Gasteiger partial charge in [-0.15, -0.1) is 0 Å². The highest BCUT2D eigenvalue weighted by molar-refractivity contribution is 7.53. The molecule has 0 saturated heterocycles. The first-order valence-corrected chi connectivity index (χ1v) is 14.3. The van der Waals surface area contributed by atoms with Gasteiger partial charge in [-0.2, -0.15) is 0 Å². The highest BCUT2D eigenvalue weighted by atomic mass is 31.2. The van der Waals surface area contributed by atoms with Crippen LogP contribution in [0.2, 0.25) is 0 Å². The first-order valence-electron chi connectivity index (χ1n) is 12.6. The second-order valence-corrected chi connectivity index (χ2v) is 11.1. The van der Waals surface area contributed by atoms with Crippen LogP contribution >= 0.6 is 7.60 Å². The van der Waals surface area contributed by atoms with E-state index in [1.807, 2.05) is 0 Å². The Kier molecular flexibility index (Phi) is 13.5. The van der Waals surface area contributed by atoms with Crippen molar-refractivity contribution >= 4 is 48.8 Å². The minimum atomic E-state index is -4.16. The molecule has 0 radical (unpaired) electrons. The Bertz CT molecular complexity index is 1240. The van der Waals surface area contributed by atoms with E-state index in [0.717, 1.165) is 0 Å². The smallest absolute Gasteiger partial charge is 0.481 e. The van der Waals surface area contributed by atoms with Gasteiger partial charge in [-0.25, -0.2) is 24.5 Å². The number of hydrogen-bond donors (Lipinski definition) is 2. The summed E-state index contributed by atoms with van der Waals surface area (Å²) in [6.45, 7) is 6.58. The van der Waals surface area contributed by atoms with Crippen LogP contribution in [0, 0.1) is 0 Å². The lowest BCUT2D eigenvalue weighted by molar-refractivity contribution is -0.138. The number of aromatic nitrogens is 4. The van der Waals surface area contributed by atoms with Crippen LogP contribution in [0.3, 0.4) is 0 Å². The third kappa shape index (κ3) is 12.3. The largest absolute Gasteiger partial charge is 0.510 e. The normalized spacial score (nSPS) is 12.3. The summed E-state index contributed by atoms with van der Waals surface area (Å²) in [6, 6.07) is 0. The van der Waals surface area contributed by atoms with Gasteiger partial charge in [0.2, 0.25) is 19.5 Å². The predicted octanol–water partition coefficient (Wildman–Crippen LogP) is 3.26. The van der Waals surface area contributed by atoms with E-state index in [9.17, 15) is 23.7 Å². The van der Waals surface area contributed by atoms with Crippen LogP contribution in [-0.4, -0.2) is 87.1 Å². The molecule has 2 N–H and O–H groups in total. The monoisotopic (exact) mass is 619 g/mol. The van der Waals surface area contributed by atoms with E-state index in [1.54, 1.807) is 39.2 Å². The fraction of sp³-hybridized carbons (Fsp3) is 0.609. The van der Waals surface area contributed by atoms with E-state index >= 15 is 0 Å². The van der Waals surface area contributed by atoms with Crippen LogP contribution in [0.1, 0.15) is 47.5 Å². The van der Waals surface area contributed by atoms with Crippen molar-refractivity contribution in [2.24, 2.45) is 0 Å². The van der Waals surface area contributed by atoms with Crippen molar-refractivity contribution < 1.29 is 61.6 Å². The topological polar surface area (TPSA) is 226 Å². The number of carbonyl (C=O) groups excluding carboxylic acids is 3. The van der Waals surface area contributed by atoms with Crippen LogP contribution in [0.4, 0.5) is 15.4 Å². The quantitative estimate of drug-likeness (QED) is 0.147. The summed E-state index contributed by atoms with van der Waals surface area (Å²) >= 11 is 0. The number of aliphatic carboxylic acids is 1. The summed E-state index contributed by atoms with van der Waals surface area (Å²) in [6.07, 6.45) is -2.30. The zero-order chi connectivity index (χ0) is 31.3. The van der Waals surface area contributed by atoms with Crippen molar-refractivity contribution in [3.8, 4) is 0 Å². The van der Waals surface area contributed by atoms with Gasteiger partial charge < -0.3 is 38.7 Å². The van der Waals surface area contributed by atoms with Crippen molar-refractivity contribution in [3.05, 3.63) is 12.7 Å². The number of anilines is 1. The van der Waals surface area contributed by atoms with E-state index in [1.165, 1.54) is 12.7 Å². The lowest BCUT2D eigenvalue weighted by atomic mass is 10.3. The van der Waals surface area contributed by atoms with Gasteiger partial charge in [-0.3, -0.25) is 23.2 Å². The van der Waals surface area contributed by atoms with Crippen molar-refractivity contribution in [1.29, 1.82) is 0 Å². The van der Waals surface area contributed by atoms with Gasteiger partial charge in [0.15, 0.2) is 17.0 Å². The Morgan fingerprint density at radius 3 is 2.07 bits per heavy atom. The molecule has 0 fully saturated rings. The van der Waals surface area contributed by atoms with Crippen LogP contribution in [0.5, 0.6) is 0 Å². The summed E-state index contributed by atoms with van der Waals surface area (Å²) < 4.78 is 49.8. The molecule has 1 atom stereocenters. The maximum Gasteiger partial charge on any atom is 0.510 e. The van der Waals surface area contributed by atoms with Gasteiger partial charge in [0, 0.05) is 6.42 Å². The number of ether oxygens (including phenoxy) is 5. The molecular formula is C23H34N5O13P. The van der Waals surface area contributed by atoms with Crippen molar-refractivity contribution in [3.63, 3.8) is 0 Å². The van der Waals surface area contributed by atoms with Gasteiger partial charge in [0.05, 0.1) is 37.6 Å². The van der Waals surface area contributed by atoms with Crippen LogP contribution in [0.25, 0.3) is 11.2 Å². The number of hydrogen-bond acceptors (Lipinski definition) is 15. The van der Waals surface area contributed by atoms with Crippen LogP contribution in [0.15, 0.2) is 12.7 Å². The molecule has 234 valence electrons. The Labute approximate surface area is 240 Å². The first-order chi connectivity index (χ1) is 19.8. The summed E-state index contributed by atoms with van der Waals surface area (Å²) in [5.74, 6) is -1.57. The van der Waals surface area contributed by atoms with Gasteiger partial charge in [0.1, 0.15) is 12.7 Å². The van der Waals surface area contributed by atoms with E-state index in [4.69, 9.17) is 37.8 Å². The molecule has 2 rings (SSSR count). The molecule has 0 aliphatic carbocycles. The van der Waals surface area contributed by atoms with Gasteiger partial charge in [-0.05, 0) is 34.6 Å². The van der Waals surface area contributed by atoms with Crippen LogP contribution < -0.4 is 5.32 Å². The van der Waals surface area contributed by atoms with Gasteiger partial charge >= 0.3 is 25.9 Å². The summed E-state index contributed by atoms with van der Waals surface area (Å²) in [7, 11) is -4.16. The first kappa shape index (κ1) is 34.3. The molecule has 0 bridgehead atoms. The maximum absolute atomic E-state index is 13.2. The van der Waals surface area contributed by atoms with Crippen molar-refractivity contribution in [2.45, 2.75) is 72.3 Å². The Hall–Kier alpha value is -3.86. The molecule has 1 amide bonds. The maximum atomic E-state index is 13.2. The zero-order valence-electron chi connectivity index (χ0n) is 23.7. The zero-order valence-corrected chi connectivity index (χ0v) is 24.6. The summed E-state index contributed by atoms with van der Waals surface area (Å²) in [5.41, 5.74) is 0.584. The molecule has 18 nitrogen and oxygen atoms in total. The fourth-order valence-electron chi connectivity index (χ4n) is 2.94. The summed E-state index contributed by atoms with van der Waals surface area (Å²) in [5, 5.41) is 11.3. The Balaban J connectivity index is 2.02. The predicted molar refractivity (Wildman–Crippen MR) is 141 cm³/mol. The third-order valence-electron chi connectivity index (χ3n) is 4.71. The highest BCUT2D eigenvalue weighted by Crippen LogP contribution is 2.48. The third-order valence-corrected chi connectivity index (χ3v) is 6.18. The molecule has 0 aliphatic rings. The molecule has 0 aliphatic heterocycles. The van der Waals surface area contributed by atoms with Crippen molar-refractivity contribution in [2.75, 3.05) is 25.3 Å². The molecule has 2 heterocycles. The molecule has 0 spiro atoms. The number of fused-ring (bicyclic) bond motifs is 1. The average Bonchev–Trinajstić information content (AvgIpc) is 3.29. The number of carboxylic acids is 1. The lowest BCUT2D eigenvalue weighted by Crippen LogP contribution is -2.20. The second-order valence-electron chi connectivity index (χ2n) is 9.07. The molecule has 19 heteroatoms. The number of nitrogens with zero attached hydrogens (tertiary/aromatic N) is 4. The molecule has 0 aromatic carbocycles. The molecule has 2 aromatic rings. The average molecular weight is 620 g/mol. The molecule has 42 heavy (non-hydrogen) atoms.